The van der Waals surface area contributed by atoms with Crippen LogP contribution in [-0.2, 0) is 61.2 Å². The Labute approximate surface area is 585 Å². The van der Waals surface area contributed by atoms with Crippen molar-refractivity contribution < 1.29 is 117 Å². The largest absolute Gasteiger partial charge is 0.472 e. The summed E-state index contributed by atoms with van der Waals surface area (Å²) in [5.74, 6) is -1.35. The van der Waals surface area contributed by atoms with Crippen LogP contribution in [0.15, 0.2) is 24.3 Å². The summed E-state index contributed by atoms with van der Waals surface area (Å²) in [7, 11) is -5.70. The zero-order chi connectivity index (χ0) is 71.9. The van der Waals surface area contributed by atoms with Crippen molar-refractivity contribution in [3.63, 3.8) is 0 Å². The van der Waals surface area contributed by atoms with Gasteiger partial charge in [0.25, 0.3) is 0 Å². The molecule has 0 aromatic carbocycles. The van der Waals surface area contributed by atoms with Gasteiger partial charge in [-0.3, -0.25) is 23.4 Å². The van der Waals surface area contributed by atoms with Gasteiger partial charge in [-0.05, 0) is 76.5 Å². The number of hydrogen-bond donors (Lipinski definition) is 11. The van der Waals surface area contributed by atoms with Crippen LogP contribution in [0.1, 0.15) is 285 Å². The molecule has 0 amide bonds. The summed E-state index contributed by atoms with van der Waals surface area (Å²) in [5, 5.41) is 110. The van der Waals surface area contributed by atoms with E-state index >= 15 is 0 Å². The Morgan fingerprint density at radius 3 is 1.21 bits per heavy atom. The van der Waals surface area contributed by atoms with Crippen molar-refractivity contribution in [2.45, 2.75) is 389 Å². The van der Waals surface area contributed by atoms with Crippen LogP contribution in [0, 0.1) is 5.92 Å². The summed E-state index contributed by atoms with van der Waals surface area (Å²) >= 11 is 0. The van der Waals surface area contributed by atoms with E-state index in [4.69, 9.17) is 42.2 Å². The molecule has 24 nitrogen and oxygen atoms in total. The van der Waals surface area contributed by atoms with Gasteiger partial charge in [-0.15, -0.1) is 0 Å². The van der Waals surface area contributed by atoms with Gasteiger partial charge in [0, 0.05) is 19.3 Å². The van der Waals surface area contributed by atoms with Crippen LogP contribution < -0.4 is 0 Å². The monoisotopic (exact) mass is 1420 g/mol. The number of hydrogen-bond acceptors (Lipinski definition) is 23. The second-order valence-corrected chi connectivity index (χ2v) is 29.0. The maximum atomic E-state index is 14.3. The topological polar surface area (TPSA) is 374 Å². The molecular formula is C73H133O24P. The normalized spacial score (nSPS) is 28.1. The average Bonchev–Trinajstić information content (AvgIpc) is 0.762. The molecule has 98 heavy (non-hydrogen) atoms. The quantitative estimate of drug-likeness (QED) is 0.00886. The number of allylic oxidation sites excluding steroid dienone is 4. The zero-order valence-electron chi connectivity index (χ0n) is 60.0. The van der Waals surface area contributed by atoms with Crippen LogP contribution in [0.5, 0.6) is 0 Å². The molecule has 25 heteroatoms. The van der Waals surface area contributed by atoms with Crippen LogP contribution in [0.3, 0.4) is 0 Å². The lowest BCUT2D eigenvalue weighted by atomic mass is 9.84. The number of esters is 3. The molecule has 19 unspecified atom stereocenters. The molecule has 0 aromatic rings. The molecule has 1 aliphatic carbocycles. The first kappa shape index (κ1) is 89.7. The fraction of sp³-hybridized carbons (Fsp3) is 0.904. The predicted molar refractivity (Wildman–Crippen MR) is 370 cm³/mol. The van der Waals surface area contributed by atoms with E-state index in [0.717, 1.165) is 96.3 Å². The van der Waals surface area contributed by atoms with Crippen molar-refractivity contribution in [1.29, 1.82) is 0 Å². The molecule has 3 rings (SSSR count). The van der Waals surface area contributed by atoms with Crippen molar-refractivity contribution in [1.82, 2.24) is 0 Å². The van der Waals surface area contributed by atoms with Crippen LogP contribution in [0.25, 0.3) is 0 Å². The molecule has 3 aliphatic rings. The van der Waals surface area contributed by atoms with Crippen LogP contribution >= 0.6 is 7.82 Å². The molecule has 0 aromatic heterocycles. The predicted octanol–water partition coefficient (Wildman–Crippen LogP) is 10.4. The maximum Gasteiger partial charge on any atom is 0.472 e. The minimum absolute atomic E-state index is 0.00729. The number of carbonyl (C=O) groups is 3. The van der Waals surface area contributed by atoms with E-state index in [1.54, 1.807) is 0 Å². The first-order valence-electron chi connectivity index (χ1n) is 38.0. The summed E-state index contributed by atoms with van der Waals surface area (Å²) in [6.07, 6.45) is 12.6. The number of phosphoric acid groups is 1. The number of aliphatic hydroxyl groups excluding tert-OH is 10. The smallest absolute Gasteiger partial charge is 0.463 e. The SMILES string of the molecule is CCCCCCCC/C=C\CCCCCC(=O)OCC1OC(OC2C(O)C(O)C(O)C(OC3OC(CO)C(O)C(O)C3O)C2OP(=O)(O)OCC(COC(=O)CCCCC/C=C\CCCCCCCCC)OC(=O)CCCCCCCCC(C)CCCCCCCC)C(O)C(O)C1O. The van der Waals surface area contributed by atoms with E-state index in [2.05, 4.69) is 52.0 Å². The zero-order valence-corrected chi connectivity index (χ0v) is 60.9. The second-order valence-electron chi connectivity index (χ2n) is 27.6. The van der Waals surface area contributed by atoms with Gasteiger partial charge in [-0.25, -0.2) is 4.57 Å². The second kappa shape index (κ2) is 54.1. The number of unbranched alkanes of at least 4 members (excludes halogenated alkanes) is 29. The summed E-state index contributed by atoms with van der Waals surface area (Å²) in [4.78, 5) is 51.0. The third kappa shape index (κ3) is 37.2. The van der Waals surface area contributed by atoms with E-state index in [-0.39, 0.29) is 19.3 Å². The van der Waals surface area contributed by atoms with Crippen molar-refractivity contribution in [2.75, 3.05) is 26.4 Å². The van der Waals surface area contributed by atoms with E-state index in [1.807, 2.05) is 0 Å². The maximum absolute atomic E-state index is 14.3. The molecule has 19 atom stereocenters. The molecule has 1 saturated carbocycles. The molecule has 3 fully saturated rings. The third-order valence-electron chi connectivity index (χ3n) is 18.8. The van der Waals surface area contributed by atoms with Crippen molar-refractivity contribution >= 4 is 25.7 Å². The van der Waals surface area contributed by atoms with Crippen molar-refractivity contribution in [3.05, 3.63) is 24.3 Å². The highest BCUT2D eigenvalue weighted by Crippen LogP contribution is 2.49. The third-order valence-corrected chi connectivity index (χ3v) is 19.8. The number of aliphatic hydroxyl groups is 10. The van der Waals surface area contributed by atoms with Gasteiger partial charge >= 0.3 is 25.7 Å². The Bertz CT molecular complexity index is 2140. The number of rotatable bonds is 58. The minimum atomic E-state index is -5.70. The molecule has 0 spiro atoms. The Kier molecular flexibility index (Phi) is 49.5. The molecule has 2 heterocycles. The minimum Gasteiger partial charge on any atom is -0.463 e. The van der Waals surface area contributed by atoms with Gasteiger partial charge in [-0.1, -0.05) is 219 Å². The summed E-state index contributed by atoms with van der Waals surface area (Å²) in [5.41, 5.74) is 0. The van der Waals surface area contributed by atoms with Gasteiger partial charge in [0.05, 0.1) is 13.2 Å². The number of carbonyl (C=O) groups excluding carboxylic acids is 3. The standard InChI is InChI=1S/C73H133O24P/c1-5-8-11-14-17-19-21-23-25-27-28-30-36-41-46-57(75)89-50-54(92-59(77)48-43-38-33-32-35-40-45-53(4)44-39-34-16-13-10-7-3)51-91-98(87,88)97-71-69(95-72-67(85)62(80)60(78)55(49-74)93-72)65(83)64(82)66(84)70(71)96-73-68(86)63(81)61(79)56(94-73)52-90-58(76)47-42-37-31-29-26-24-22-20-18-15-12-9-6-2/h24-27,53-56,60-74,78-86H,5-23,28-52H2,1-4H3,(H,87,88)/b26-24-,27-25-. The van der Waals surface area contributed by atoms with E-state index < -0.39 is 156 Å². The highest BCUT2D eigenvalue weighted by atomic mass is 31.2. The number of ether oxygens (including phenoxy) is 7. The summed E-state index contributed by atoms with van der Waals surface area (Å²) in [6.45, 7) is 5.72. The van der Waals surface area contributed by atoms with Gasteiger partial charge in [0.1, 0.15) is 98.7 Å². The molecule has 2 aliphatic heterocycles. The lowest BCUT2D eigenvalue weighted by Gasteiger charge is -2.49. The Morgan fingerprint density at radius 1 is 0.418 bits per heavy atom. The summed E-state index contributed by atoms with van der Waals surface area (Å²) < 4.78 is 65.0. The fourth-order valence-electron chi connectivity index (χ4n) is 12.5. The van der Waals surface area contributed by atoms with Gasteiger partial charge in [0.2, 0.25) is 0 Å². The van der Waals surface area contributed by atoms with Crippen LogP contribution in [0.2, 0.25) is 0 Å². The first-order valence-corrected chi connectivity index (χ1v) is 39.5. The lowest BCUT2D eigenvalue weighted by Crippen LogP contribution is -2.69. The molecule has 2 saturated heterocycles. The van der Waals surface area contributed by atoms with Crippen molar-refractivity contribution in [3.8, 4) is 0 Å². The highest BCUT2D eigenvalue weighted by molar-refractivity contribution is 7.47. The van der Waals surface area contributed by atoms with E-state index in [9.17, 15) is 74.9 Å². The molecule has 0 radical (unpaired) electrons. The Balaban J connectivity index is 1.75. The summed E-state index contributed by atoms with van der Waals surface area (Å²) in [6, 6.07) is 0. The molecule has 11 N–H and O–H groups in total. The molecular weight excluding hydrogens is 1290 g/mol. The van der Waals surface area contributed by atoms with E-state index in [1.165, 1.54) is 122 Å². The highest BCUT2D eigenvalue weighted by Gasteiger charge is 2.58. The molecule has 0 bridgehead atoms. The van der Waals surface area contributed by atoms with Crippen molar-refractivity contribution in [2.24, 2.45) is 5.92 Å². The van der Waals surface area contributed by atoms with Gasteiger partial charge in [0.15, 0.2) is 18.7 Å². The van der Waals surface area contributed by atoms with Crippen LogP contribution in [0.4, 0.5) is 0 Å². The Hall–Kier alpha value is -2.56. The average molecular weight is 1430 g/mol. The van der Waals surface area contributed by atoms with Gasteiger partial charge in [-0.2, -0.15) is 0 Å². The molecule has 574 valence electrons. The fourth-order valence-corrected chi connectivity index (χ4v) is 13.5. The van der Waals surface area contributed by atoms with Gasteiger partial charge < -0.3 is 89.1 Å². The van der Waals surface area contributed by atoms with Crippen LogP contribution in [-0.4, -0.2) is 204 Å². The first-order chi connectivity index (χ1) is 47.2. The lowest BCUT2D eigenvalue weighted by molar-refractivity contribution is -0.360. The Morgan fingerprint density at radius 2 is 0.776 bits per heavy atom. The number of phosphoric ester groups is 1. The van der Waals surface area contributed by atoms with E-state index in [0.29, 0.717) is 25.2 Å².